The van der Waals surface area contributed by atoms with Crippen molar-refractivity contribution in [2.75, 3.05) is 0 Å². The molecule has 0 aromatic carbocycles. The quantitative estimate of drug-likeness (QED) is 0.693. The van der Waals surface area contributed by atoms with Gasteiger partial charge in [-0.05, 0) is 31.1 Å². The number of rotatable bonds is 6. The average Bonchev–Trinajstić information content (AvgIpc) is 2.66. The Labute approximate surface area is 115 Å². The molecule has 2 amide bonds. The molecule has 1 rings (SSSR count). The first-order chi connectivity index (χ1) is 8.95. The molecule has 3 unspecified atom stereocenters. The highest BCUT2D eigenvalue weighted by atomic mass is 16.4. The van der Waals surface area contributed by atoms with Crippen molar-refractivity contribution in [3.05, 3.63) is 0 Å². The van der Waals surface area contributed by atoms with Gasteiger partial charge in [-0.3, -0.25) is 0 Å². The Kier molecular flexibility index (Phi) is 6.12. The van der Waals surface area contributed by atoms with Gasteiger partial charge >= 0.3 is 12.0 Å². The molecule has 5 heteroatoms. The fraction of sp³-hybridized carbons (Fsp3) is 0.857. The van der Waals surface area contributed by atoms with Crippen LogP contribution < -0.4 is 10.6 Å². The predicted molar refractivity (Wildman–Crippen MR) is 74.0 cm³/mol. The molecule has 1 fully saturated rings. The molecule has 0 radical (unpaired) electrons. The van der Waals surface area contributed by atoms with E-state index < -0.39 is 12.0 Å². The number of carbonyl (C=O) groups is 2. The summed E-state index contributed by atoms with van der Waals surface area (Å²) in [6.07, 6.45) is 4.29. The van der Waals surface area contributed by atoms with Gasteiger partial charge in [-0.25, -0.2) is 9.59 Å². The standard InChI is InChI=1S/C14H26N2O3/c1-4-5-6-12(13(17)18)16-14(19)15-11-8-7-9(2)10(11)3/h9-12H,4-8H2,1-3H3,(H,17,18)(H2,15,16,19)/t9?,10?,11?,12-/m0/s1. The van der Waals surface area contributed by atoms with Crippen LogP contribution in [0.5, 0.6) is 0 Å². The summed E-state index contributed by atoms with van der Waals surface area (Å²) < 4.78 is 0. The normalized spacial score (nSPS) is 27.8. The van der Waals surface area contributed by atoms with Crippen molar-refractivity contribution in [1.82, 2.24) is 10.6 Å². The lowest BCUT2D eigenvalue weighted by molar-refractivity contribution is -0.139. The topological polar surface area (TPSA) is 78.4 Å². The van der Waals surface area contributed by atoms with Gasteiger partial charge in [0.05, 0.1) is 0 Å². The molecule has 1 saturated carbocycles. The third-order valence-electron chi connectivity index (χ3n) is 4.23. The fourth-order valence-corrected chi connectivity index (χ4v) is 2.60. The second-order valence-corrected chi connectivity index (χ2v) is 5.67. The fourth-order valence-electron chi connectivity index (χ4n) is 2.60. The van der Waals surface area contributed by atoms with Crippen molar-refractivity contribution in [2.45, 2.75) is 65.0 Å². The van der Waals surface area contributed by atoms with Gasteiger partial charge in [-0.15, -0.1) is 0 Å². The molecule has 0 saturated heterocycles. The van der Waals surface area contributed by atoms with E-state index >= 15 is 0 Å². The zero-order valence-corrected chi connectivity index (χ0v) is 12.1. The van der Waals surface area contributed by atoms with Gasteiger partial charge in [0.15, 0.2) is 0 Å². The first-order valence-corrected chi connectivity index (χ1v) is 7.25. The van der Waals surface area contributed by atoms with Gasteiger partial charge in [0, 0.05) is 6.04 Å². The summed E-state index contributed by atoms with van der Waals surface area (Å²) >= 11 is 0. The maximum absolute atomic E-state index is 11.8. The van der Waals surface area contributed by atoms with Crippen LogP contribution in [0.15, 0.2) is 0 Å². The molecule has 0 aliphatic heterocycles. The molecule has 110 valence electrons. The van der Waals surface area contributed by atoms with Gasteiger partial charge in [-0.1, -0.05) is 33.6 Å². The Balaban J connectivity index is 2.42. The SMILES string of the molecule is CCCC[C@H](NC(=O)NC1CCC(C)C1C)C(=O)O. The van der Waals surface area contributed by atoms with Crippen LogP contribution in [0.3, 0.4) is 0 Å². The highest BCUT2D eigenvalue weighted by Crippen LogP contribution is 2.30. The number of carbonyl (C=O) groups excluding carboxylic acids is 1. The summed E-state index contributed by atoms with van der Waals surface area (Å²) in [5.41, 5.74) is 0. The van der Waals surface area contributed by atoms with E-state index in [1.807, 2.05) is 6.92 Å². The third-order valence-corrected chi connectivity index (χ3v) is 4.23. The zero-order valence-electron chi connectivity index (χ0n) is 12.1. The summed E-state index contributed by atoms with van der Waals surface area (Å²) in [4.78, 5) is 22.9. The molecular formula is C14H26N2O3. The maximum atomic E-state index is 11.8. The van der Waals surface area contributed by atoms with Crippen molar-refractivity contribution >= 4 is 12.0 Å². The van der Waals surface area contributed by atoms with Crippen LogP contribution in [0.1, 0.15) is 52.9 Å². The number of carboxylic acid groups (broad SMARTS) is 1. The molecule has 1 aliphatic rings. The maximum Gasteiger partial charge on any atom is 0.326 e. The number of aliphatic carboxylic acids is 1. The molecule has 0 aromatic rings. The first kappa shape index (κ1) is 15.8. The van der Waals surface area contributed by atoms with E-state index in [-0.39, 0.29) is 12.1 Å². The van der Waals surface area contributed by atoms with Crippen LogP contribution in [-0.2, 0) is 4.79 Å². The number of nitrogens with one attached hydrogen (secondary N) is 2. The van der Waals surface area contributed by atoms with E-state index in [2.05, 4.69) is 24.5 Å². The summed E-state index contributed by atoms with van der Waals surface area (Å²) in [6.45, 7) is 6.32. The van der Waals surface area contributed by atoms with Crippen LogP contribution in [0, 0.1) is 11.8 Å². The number of hydrogen-bond donors (Lipinski definition) is 3. The predicted octanol–water partition coefficient (Wildman–Crippen LogP) is 2.36. The van der Waals surface area contributed by atoms with Gasteiger partial charge < -0.3 is 15.7 Å². The van der Waals surface area contributed by atoms with Crippen LogP contribution in [0.2, 0.25) is 0 Å². The Morgan fingerprint density at radius 3 is 2.47 bits per heavy atom. The Morgan fingerprint density at radius 2 is 2.00 bits per heavy atom. The number of amides is 2. The number of unbranched alkanes of at least 4 members (excludes halogenated alkanes) is 1. The van der Waals surface area contributed by atoms with Gasteiger partial charge in [0.1, 0.15) is 6.04 Å². The largest absolute Gasteiger partial charge is 0.480 e. The molecule has 1 aliphatic carbocycles. The zero-order chi connectivity index (χ0) is 14.4. The Hall–Kier alpha value is -1.26. The van der Waals surface area contributed by atoms with Crippen LogP contribution in [-0.4, -0.2) is 29.2 Å². The second-order valence-electron chi connectivity index (χ2n) is 5.67. The Morgan fingerprint density at radius 1 is 1.32 bits per heavy atom. The minimum atomic E-state index is -0.962. The highest BCUT2D eigenvalue weighted by Gasteiger charge is 2.31. The highest BCUT2D eigenvalue weighted by molar-refractivity contribution is 5.82. The smallest absolute Gasteiger partial charge is 0.326 e. The minimum Gasteiger partial charge on any atom is -0.480 e. The van der Waals surface area contributed by atoms with Crippen LogP contribution >= 0.6 is 0 Å². The van der Waals surface area contributed by atoms with Gasteiger partial charge in [0.25, 0.3) is 0 Å². The lowest BCUT2D eigenvalue weighted by Crippen LogP contribution is -2.49. The summed E-state index contributed by atoms with van der Waals surface area (Å²) in [7, 11) is 0. The molecule has 19 heavy (non-hydrogen) atoms. The lowest BCUT2D eigenvalue weighted by atomic mass is 9.98. The van der Waals surface area contributed by atoms with E-state index in [0.29, 0.717) is 18.3 Å². The Bertz CT molecular complexity index is 320. The van der Waals surface area contributed by atoms with Crippen molar-refractivity contribution in [2.24, 2.45) is 11.8 Å². The van der Waals surface area contributed by atoms with E-state index in [1.54, 1.807) is 0 Å². The van der Waals surface area contributed by atoms with Crippen molar-refractivity contribution < 1.29 is 14.7 Å². The molecule has 0 bridgehead atoms. The lowest BCUT2D eigenvalue weighted by Gasteiger charge is -2.21. The van der Waals surface area contributed by atoms with E-state index in [0.717, 1.165) is 25.7 Å². The van der Waals surface area contributed by atoms with Gasteiger partial charge in [0.2, 0.25) is 0 Å². The van der Waals surface area contributed by atoms with Gasteiger partial charge in [-0.2, -0.15) is 0 Å². The molecular weight excluding hydrogens is 244 g/mol. The third kappa shape index (κ3) is 4.73. The monoisotopic (exact) mass is 270 g/mol. The number of urea groups is 1. The number of carboxylic acids is 1. The summed E-state index contributed by atoms with van der Waals surface area (Å²) in [5, 5.41) is 14.5. The minimum absolute atomic E-state index is 0.163. The van der Waals surface area contributed by atoms with E-state index in [1.165, 1.54) is 0 Å². The summed E-state index contributed by atoms with van der Waals surface area (Å²) in [6, 6.07) is -0.973. The van der Waals surface area contributed by atoms with Crippen LogP contribution in [0.4, 0.5) is 4.79 Å². The molecule has 3 N–H and O–H groups in total. The molecule has 0 spiro atoms. The van der Waals surface area contributed by atoms with E-state index in [4.69, 9.17) is 5.11 Å². The van der Waals surface area contributed by atoms with Crippen LogP contribution in [0.25, 0.3) is 0 Å². The molecule has 4 atom stereocenters. The van der Waals surface area contributed by atoms with Crippen molar-refractivity contribution in [3.63, 3.8) is 0 Å². The second kappa shape index (κ2) is 7.36. The van der Waals surface area contributed by atoms with Crippen molar-refractivity contribution in [1.29, 1.82) is 0 Å². The average molecular weight is 270 g/mol. The van der Waals surface area contributed by atoms with E-state index in [9.17, 15) is 9.59 Å². The molecule has 5 nitrogen and oxygen atoms in total. The first-order valence-electron chi connectivity index (χ1n) is 7.25. The number of hydrogen-bond acceptors (Lipinski definition) is 2. The van der Waals surface area contributed by atoms with Crippen molar-refractivity contribution in [3.8, 4) is 0 Å². The summed E-state index contributed by atoms with van der Waals surface area (Å²) in [5.74, 6) is 0.0989. The molecule has 0 heterocycles. The molecule has 0 aromatic heterocycles.